The quantitative estimate of drug-likeness (QED) is 0.700. The fourth-order valence-corrected chi connectivity index (χ4v) is 1.34. The van der Waals surface area contributed by atoms with Gasteiger partial charge in [-0.1, -0.05) is 13.0 Å². The highest BCUT2D eigenvalue weighted by Gasteiger charge is 2.10. The average Bonchev–Trinajstić information content (AvgIpc) is 2.25. The maximum atomic E-state index is 4.24. The third-order valence-electron chi connectivity index (χ3n) is 2.01. The Balaban J connectivity index is 2.62. The first kappa shape index (κ1) is 10.9. The molecule has 1 N–H and O–H groups in total. The lowest BCUT2D eigenvalue weighted by Gasteiger charge is -2.14. The van der Waals surface area contributed by atoms with Crippen LogP contribution in [0.1, 0.15) is 31.6 Å². The predicted octanol–water partition coefficient (Wildman–Crippen LogP) is 2.09. The van der Waals surface area contributed by atoms with E-state index in [0.717, 1.165) is 25.2 Å². The zero-order valence-corrected chi connectivity index (χ0v) is 8.61. The summed E-state index contributed by atoms with van der Waals surface area (Å²) in [5.74, 6) is 0.871. The zero-order valence-electron chi connectivity index (χ0n) is 8.61. The molecular formula is C11H17N3. The normalized spacial score (nSPS) is 12.4. The van der Waals surface area contributed by atoms with Crippen LogP contribution in [0, 0.1) is 0 Å². The second-order valence-corrected chi connectivity index (χ2v) is 3.08. The SMILES string of the molecule is C=CCCC(NCC)c1ncccn1. The molecule has 3 nitrogen and oxygen atoms in total. The molecule has 1 heterocycles. The van der Waals surface area contributed by atoms with Gasteiger partial charge < -0.3 is 5.32 Å². The van der Waals surface area contributed by atoms with Crippen molar-refractivity contribution in [1.82, 2.24) is 15.3 Å². The number of nitrogens with zero attached hydrogens (tertiary/aromatic N) is 2. The van der Waals surface area contributed by atoms with Crippen LogP contribution in [0.2, 0.25) is 0 Å². The molecule has 0 aromatic carbocycles. The van der Waals surface area contributed by atoms with Gasteiger partial charge in [-0.25, -0.2) is 9.97 Å². The van der Waals surface area contributed by atoms with Crippen molar-refractivity contribution in [2.24, 2.45) is 0 Å². The minimum atomic E-state index is 0.249. The van der Waals surface area contributed by atoms with Crippen molar-refractivity contribution in [1.29, 1.82) is 0 Å². The van der Waals surface area contributed by atoms with Gasteiger partial charge >= 0.3 is 0 Å². The highest BCUT2D eigenvalue weighted by Crippen LogP contribution is 2.13. The molecule has 76 valence electrons. The molecule has 14 heavy (non-hydrogen) atoms. The standard InChI is InChI=1S/C11H17N3/c1-3-5-7-10(12-4-2)11-13-8-6-9-14-11/h3,6,8-10,12H,1,4-5,7H2,2H3. The summed E-state index contributed by atoms with van der Waals surface area (Å²) < 4.78 is 0. The molecule has 0 bridgehead atoms. The van der Waals surface area contributed by atoms with Gasteiger partial charge in [0.05, 0.1) is 6.04 Å². The van der Waals surface area contributed by atoms with E-state index in [2.05, 4.69) is 28.8 Å². The van der Waals surface area contributed by atoms with E-state index in [9.17, 15) is 0 Å². The lowest BCUT2D eigenvalue weighted by atomic mass is 10.1. The molecule has 1 aromatic heterocycles. The number of rotatable bonds is 6. The third-order valence-corrected chi connectivity index (χ3v) is 2.01. The van der Waals surface area contributed by atoms with Crippen LogP contribution >= 0.6 is 0 Å². The van der Waals surface area contributed by atoms with Crippen molar-refractivity contribution in [3.05, 3.63) is 36.9 Å². The molecule has 1 aromatic rings. The minimum Gasteiger partial charge on any atom is -0.308 e. The summed E-state index contributed by atoms with van der Waals surface area (Å²) in [7, 11) is 0. The van der Waals surface area contributed by atoms with E-state index in [1.807, 2.05) is 12.1 Å². The first-order valence-electron chi connectivity index (χ1n) is 4.99. The fraction of sp³-hybridized carbons (Fsp3) is 0.455. The summed E-state index contributed by atoms with van der Waals surface area (Å²) in [5, 5.41) is 3.36. The van der Waals surface area contributed by atoms with E-state index in [1.54, 1.807) is 12.4 Å². The smallest absolute Gasteiger partial charge is 0.145 e. The van der Waals surface area contributed by atoms with Crippen molar-refractivity contribution in [3.63, 3.8) is 0 Å². The van der Waals surface area contributed by atoms with Crippen molar-refractivity contribution in [2.75, 3.05) is 6.54 Å². The number of hydrogen-bond acceptors (Lipinski definition) is 3. The summed E-state index contributed by atoms with van der Waals surface area (Å²) in [6.45, 7) is 6.74. The summed E-state index contributed by atoms with van der Waals surface area (Å²) in [6, 6.07) is 2.08. The van der Waals surface area contributed by atoms with E-state index in [4.69, 9.17) is 0 Å². The van der Waals surface area contributed by atoms with E-state index < -0.39 is 0 Å². The number of aromatic nitrogens is 2. The van der Waals surface area contributed by atoms with Crippen LogP contribution in [-0.2, 0) is 0 Å². The minimum absolute atomic E-state index is 0.249. The van der Waals surface area contributed by atoms with Gasteiger partial charge in [-0.2, -0.15) is 0 Å². The second kappa shape index (κ2) is 6.27. The van der Waals surface area contributed by atoms with Gasteiger partial charge in [0.1, 0.15) is 5.82 Å². The van der Waals surface area contributed by atoms with Gasteiger partial charge in [0, 0.05) is 12.4 Å². The summed E-state index contributed by atoms with van der Waals surface area (Å²) in [6.07, 6.45) is 7.46. The number of nitrogens with one attached hydrogen (secondary N) is 1. The van der Waals surface area contributed by atoms with Crippen LogP contribution in [0.3, 0.4) is 0 Å². The molecule has 0 aliphatic carbocycles. The van der Waals surface area contributed by atoms with E-state index >= 15 is 0 Å². The molecule has 0 radical (unpaired) electrons. The molecule has 0 amide bonds. The Morgan fingerprint density at radius 1 is 1.50 bits per heavy atom. The van der Waals surface area contributed by atoms with Crippen LogP contribution < -0.4 is 5.32 Å². The molecule has 1 unspecified atom stereocenters. The van der Waals surface area contributed by atoms with Gasteiger partial charge in [0.25, 0.3) is 0 Å². The Morgan fingerprint density at radius 2 is 2.21 bits per heavy atom. The maximum Gasteiger partial charge on any atom is 0.145 e. The Morgan fingerprint density at radius 3 is 2.79 bits per heavy atom. The first-order chi connectivity index (χ1) is 6.88. The monoisotopic (exact) mass is 191 g/mol. The third kappa shape index (κ3) is 3.26. The van der Waals surface area contributed by atoms with Crippen LogP contribution in [0.5, 0.6) is 0 Å². The molecular weight excluding hydrogens is 174 g/mol. The van der Waals surface area contributed by atoms with E-state index in [-0.39, 0.29) is 6.04 Å². The lowest BCUT2D eigenvalue weighted by Crippen LogP contribution is -2.22. The second-order valence-electron chi connectivity index (χ2n) is 3.08. The molecule has 0 aliphatic heterocycles. The maximum absolute atomic E-state index is 4.24. The molecule has 3 heteroatoms. The van der Waals surface area contributed by atoms with Crippen LogP contribution in [0.4, 0.5) is 0 Å². The van der Waals surface area contributed by atoms with Gasteiger partial charge in [0.2, 0.25) is 0 Å². The topological polar surface area (TPSA) is 37.8 Å². The Bertz CT molecular complexity index is 258. The van der Waals surface area contributed by atoms with Crippen molar-refractivity contribution in [2.45, 2.75) is 25.8 Å². The molecule has 0 spiro atoms. The highest BCUT2D eigenvalue weighted by molar-refractivity contribution is 4.96. The van der Waals surface area contributed by atoms with Gasteiger partial charge in [-0.15, -0.1) is 6.58 Å². The fourth-order valence-electron chi connectivity index (χ4n) is 1.34. The predicted molar refractivity (Wildman–Crippen MR) is 57.9 cm³/mol. The molecule has 0 fully saturated rings. The van der Waals surface area contributed by atoms with Crippen LogP contribution in [-0.4, -0.2) is 16.5 Å². The highest BCUT2D eigenvalue weighted by atomic mass is 15.0. The number of hydrogen-bond donors (Lipinski definition) is 1. The van der Waals surface area contributed by atoms with Crippen LogP contribution in [0.15, 0.2) is 31.1 Å². The van der Waals surface area contributed by atoms with E-state index in [0.29, 0.717) is 0 Å². The zero-order chi connectivity index (χ0) is 10.2. The Kier molecular flexibility index (Phi) is 4.86. The van der Waals surface area contributed by atoms with Crippen molar-refractivity contribution < 1.29 is 0 Å². The molecule has 0 saturated carbocycles. The first-order valence-corrected chi connectivity index (χ1v) is 4.99. The van der Waals surface area contributed by atoms with Crippen molar-refractivity contribution >= 4 is 0 Å². The molecule has 0 saturated heterocycles. The van der Waals surface area contributed by atoms with Crippen LogP contribution in [0.25, 0.3) is 0 Å². The van der Waals surface area contributed by atoms with Gasteiger partial charge in [-0.3, -0.25) is 0 Å². The van der Waals surface area contributed by atoms with Crippen molar-refractivity contribution in [3.8, 4) is 0 Å². The largest absolute Gasteiger partial charge is 0.308 e. The molecule has 0 aliphatic rings. The van der Waals surface area contributed by atoms with E-state index in [1.165, 1.54) is 0 Å². The molecule has 1 rings (SSSR count). The average molecular weight is 191 g/mol. The van der Waals surface area contributed by atoms with Gasteiger partial charge in [0.15, 0.2) is 0 Å². The summed E-state index contributed by atoms with van der Waals surface area (Å²) in [4.78, 5) is 8.49. The Hall–Kier alpha value is -1.22. The summed E-state index contributed by atoms with van der Waals surface area (Å²) in [5.41, 5.74) is 0. The number of allylic oxidation sites excluding steroid dienone is 1. The van der Waals surface area contributed by atoms with Gasteiger partial charge in [-0.05, 0) is 25.5 Å². The lowest BCUT2D eigenvalue weighted by molar-refractivity contribution is 0.494. The summed E-state index contributed by atoms with van der Waals surface area (Å²) >= 11 is 0. The Labute approximate surface area is 85.3 Å². The molecule has 1 atom stereocenters.